The van der Waals surface area contributed by atoms with Gasteiger partial charge in [0.05, 0.1) is 19.0 Å². The van der Waals surface area contributed by atoms with Gasteiger partial charge in [0, 0.05) is 11.8 Å². The number of nitrogens with one attached hydrogen (secondary N) is 2. The van der Waals surface area contributed by atoms with Crippen molar-refractivity contribution in [2.24, 2.45) is 0 Å². The Labute approximate surface area is 127 Å². The van der Waals surface area contributed by atoms with Gasteiger partial charge in [0.2, 0.25) is 0 Å². The lowest BCUT2D eigenvalue weighted by atomic mass is 10.1. The van der Waals surface area contributed by atoms with Crippen LogP contribution in [0.3, 0.4) is 0 Å². The van der Waals surface area contributed by atoms with Crippen molar-refractivity contribution in [1.82, 2.24) is 15.5 Å². The molecule has 0 atom stereocenters. The fourth-order valence-corrected chi connectivity index (χ4v) is 1.97. The summed E-state index contributed by atoms with van der Waals surface area (Å²) < 4.78 is 10.6. The first-order valence-electron chi connectivity index (χ1n) is 6.82. The Morgan fingerprint density at radius 1 is 1.27 bits per heavy atom. The fourth-order valence-electron chi connectivity index (χ4n) is 1.97. The molecule has 2 N–H and O–H groups in total. The summed E-state index contributed by atoms with van der Waals surface area (Å²) in [6, 6.07) is 11.1. The lowest BCUT2D eigenvalue weighted by Crippen LogP contribution is -2.28. The van der Waals surface area contributed by atoms with Crippen LogP contribution in [-0.2, 0) is 11.3 Å². The number of amides is 1. The average molecular weight is 297 g/mol. The van der Waals surface area contributed by atoms with E-state index in [9.17, 15) is 4.79 Å². The molecule has 0 unspecified atom stereocenters. The highest BCUT2D eigenvalue weighted by Crippen LogP contribution is 2.22. The van der Waals surface area contributed by atoms with E-state index < -0.39 is 0 Å². The maximum atomic E-state index is 11.7. The first-order valence-corrected chi connectivity index (χ1v) is 6.82. The van der Waals surface area contributed by atoms with E-state index in [0.29, 0.717) is 18.1 Å². The third kappa shape index (κ3) is 3.54. The number of H-pyrrole nitrogens is 1. The molecular weight excluding hydrogens is 282 g/mol. The maximum absolute atomic E-state index is 11.7. The number of hydrogen-bond donors (Lipinski definition) is 2. The van der Waals surface area contributed by atoms with E-state index in [2.05, 4.69) is 15.5 Å². The Morgan fingerprint density at radius 3 is 3.00 bits per heavy atom. The SMILES string of the molecule is O=C(COc1cccc(-c2cn[nH]c2)c1)NCc1ccco1. The van der Waals surface area contributed by atoms with Crippen molar-refractivity contribution in [3.63, 3.8) is 0 Å². The van der Waals surface area contributed by atoms with Gasteiger partial charge in [0.1, 0.15) is 11.5 Å². The highest BCUT2D eigenvalue weighted by atomic mass is 16.5. The number of hydrogen-bond acceptors (Lipinski definition) is 4. The van der Waals surface area contributed by atoms with Crippen LogP contribution in [0.1, 0.15) is 5.76 Å². The van der Waals surface area contributed by atoms with Crippen molar-refractivity contribution in [3.05, 3.63) is 60.8 Å². The fraction of sp³-hybridized carbons (Fsp3) is 0.125. The van der Waals surface area contributed by atoms with Crippen LogP contribution < -0.4 is 10.1 Å². The van der Waals surface area contributed by atoms with E-state index in [1.807, 2.05) is 24.3 Å². The Kier molecular flexibility index (Phi) is 4.20. The number of carbonyl (C=O) groups excluding carboxylic acids is 1. The second kappa shape index (κ2) is 6.62. The highest BCUT2D eigenvalue weighted by molar-refractivity contribution is 5.77. The molecule has 0 saturated carbocycles. The predicted octanol–water partition coefficient (Wildman–Crippen LogP) is 2.36. The second-order valence-corrected chi connectivity index (χ2v) is 4.66. The molecule has 0 aliphatic carbocycles. The number of rotatable bonds is 6. The van der Waals surface area contributed by atoms with E-state index in [0.717, 1.165) is 11.1 Å². The minimum absolute atomic E-state index is 0.0461. The van der Waals surface area contributed by atoms with Crippen LogP contribution in [0, 0.1) is 0 Å². The van der Waals surface area contributed by atoms with Gasteiger partial charge in [-0.3, -0.25) is 9.89 Å². The van der Waals surface area contributed by atoms with Crippen LogP contribution in [0.4, 0.5) is 0 Å². The van der Waals surface area contributed by atoms with E-state index >= 15 is 0 Å². The van der Waals surface area contributed by atoms with E-state index in [4.69, 9.17) is 9.15 Å². The topological polar surface area (TPSA) is 80.1 Å². The number of nitrogens with zero attached hydrogens (tertiary/aromatic N) is 1. The Hall–Kier alpha value is -3.02. The van der Waals surface area contributed by atoms with Crippen molar-refractivity contribution in [1.29, 1.82) is 0 Å². The van der Waals surface area contributed by atoms with E-state index in [1.165, 1.54) is 0 Å². The molecule has 0 spiro atoms. The molecule has 0 aliphatic heterocycles. The molecule has 6 heteroatoms. The monoisotopic (exact) mass is 297 g/mol. The molecule has 0 aliphatic rings. The normalized spacial score (nSPS) is 10.4. The molecule has 2 aromatic heterocycles. The van der Waals surface area contributed by atoms with Crippen LogP contribution >= 0.6 is 0 Å². The van der Waals surface area contributed by atoms with Crippen LogP contribution in [-0.4, -0.2) is 22.7 Å². The summed E-state index contributed by atoms with van der Waals surface area (Å²) in [5.41, 5.74) is 1.94. The average Bonchev–Trinajstić information content (AvgIpc) is 3.24. The molecule has 1 aromatic carbocycles. The molecule has 0 fully saturated rings. The summed E-state index contributed by atoms with van der Waals surface area (Å²) in [6.07, 6.45) is 5.10. The highest BCUT2D eigenvalue weighted by Gasteiger charge is 2.05. The third-order valence-electron chi connectivity index (χ3n) is 3.08. The molecule has 0 saturated heterocycles. The number of aromatic nitrogens is 2. The summed E-state index contributed by atoms with van der Waals surface area (Å²) in [5, 5.41) is 9.40. The summed E-state index contributed by atoms with van der Waals surface area (Å²) in [4.78, 5) is 11.7. The molecule has 22 heavy (non-hydrogen) atoms. The summed E-state index contributed by atoms with van der Waals surface area (Å²) >= 11 is 0. The summed E-state index contributed by atoms with van der Waals surface area (Å²) in [6.45, 7) is 0.305. The lowest BCUT2D eigenvalue weighted by Gasteiger charge is -2.07. The molecule has 3 aromatic rings. The summed E-state index contributed by atoms with van der Waals surface area (Å²) in [5.74, 6) is 1.13. The maximum Gasteiger partial charge on any atom is 0.258 e. The molecule has 112 valence electrons. The van der Waals surface area contributed by atoms with Gasteiger partial charge in [-0.2, -0.15) is 5.10 Å². The van der Waals surface area contributed by atoms with Crippen molar-refractivity contribution in [2.45, 2.75) is 6.54 Å². The van der Waals surface area contributed by atoms with Gasteiger partial charge in [0.25, 0.3) is 5.91 Å². The predicted molar refractivity (Wildman–Crippen MR) is 80.1 cm³/mol. The summed E-state index contributed by atoms with van der Waals surface area (Å²) in [7, 11) is 0. The van der Waals surface area contributed by atoms with Crippen molar-refractivity contribution in [3.8, 4) is 16.9 Å². The largest absolute Gasteiger partial charge is 0.484 e. The standard InChI is InChI=1S/C16H15N3O3/c20-16(17-10-15-5-2-6-21-15)11-22-14-4-1-3-12(7-14)13-8-18-19-9-13/h1-9H,10-11H2,(H,17,20)(H,18,19). The number of furan rings is 1. The molecule has 0 radical (unpaired) electrons. The first-order chi connectivity index (χ1) is 10.8. The van der Waals surface area contributed by atoms with Gasteiger partial charge in [-0.15, -0.1) is 0 Å². The van der Waals surface area contributed by atoms with Gasteiger partial charge in [-0.05, 0) is 29.8 Å². The van der Waals surface area contributed by atoms with E-state index in [-0.39, 0.29) is 12.5 Å². The first kappa shape index (κ1) is 13.9. The zero-order valence-electron chi connectivity index (χ0n) is 11.8. The minimum Gasteiger partial charge on any atom is -0.484 e. The van der Waals surface area contributed by atoms with Crippen molar-refractivity contribution < 1.29 is 13.9 Å². The molecular formula is C16H15N3O3. The lowest BCUT2D eigenvalue weighted by molar-refractivity contribution is -0.123. The van der Waals surface area contributed by atoms with Gasteiger partial charge in [-0.1, -0.05) is 12.1 Å². The smallest absolute Gasteiger partial charge is 0.258 e. The molecule has 3 rings (SSSR count). The minimum atomic E-state index is -0.204. The van der Waals surface area contributed by atoms with Gasteiger partial charge in [-0.25, -0.2) is 0 Å². The molecule has 1 amide bonds. The Balaban J connectivity index is 1.53. The molecule has 2 heterocycles. The van der Waals surface area contributed by atoms with Crippen molar-refractivity contribution >= 4 is 5.91 Å². The quantitative estimate of drug-likeness (QED) is 0.732. The van der Waals surface area contributed by atoms with E-state index in [1.54, 1.807) is 30.8 Å². The zero-order chi connectivity index (χ0) is 15.2. The number of ether oxygens (including phenoxy) is 1. The number of aromatic amines is 1. The van der Waals surface area contributed by atoms with Crippen LogP contribution in [0.25, 0.3) is 11.1 Å². The van der Waals surface area contributed by atoms with Gasteiger partial charge >= 0.3 is 0 Å². The zero-order valence-corrected chi connectivity index (χ0v) is 11.8. The van der Waals surface area contributed by atoms with Crippen LogP contribution in [0.5, 0.6) is 5.75 Å². The van der Waals surface area contributed by atoms with Crippen LogP contribution in [0.15, 0.2) is 59.5 Å². The van der Waals surface area contributed by atoms with Gasteiger partial charge < -0.3 is 14.5 Å². The third-order valence-corrected chi connectivity index (χ3v) is 3.08. The number of carbonyl (C=O) groups is 1. The molecule has 0 bridgehead atoms. The Morgan fingerprint density at radius 2 is 2.23 bits per heavy atom. The van der Waals surface area contributed by atoms with Crippen LogP contribution in [0.2, 0.25) is 0 Å². The van der Waals surface area contributed by atoms with Crippen molar-refractivity contribution in [2.75, 3.05) is 6.61 Å². The molecule has 6 nitrogen and oxygen atoms in total. The second-order valence-electron chi connectivity index (χ2n) is 4.66. The number of benzene rings is 1. The Bertz CT molecular complexity index is 721. The van der Waals surface area contributed by atoms with Gasteiger partial charge in [0.15, 0.2) is 6.61 Å².